The van der Waals surface area contributed by atoms with Crippen LogP contribution in [0.1, 0.15) is 32.4 Å². The number of hydrogen-bond acceptors (Lipinski definition) is 2. The molecular weight excluding hydrogens is 373 g/mol. The first-order valence-corrected chi connectivity index (χ1v) is 8.38. The molecule has 0 fully saturated rings. The number of anilines is 1. The van der Waals surface area contributed by atoms with Crippen molar-refractivity contribution in [3.05, 3.63) is 57.7 Å². The quantitative estimate of drug-likeness (QED) is 0.653. The molecule has 1 atom stereocenters. The van der Waals surface area contributed by atoms with Gasteiger partial charge in [0.2, 0.25) is 0 Å². The summed E-state index contributed by atoms with van der Waals surface area (Å²) >= 11 is 2.33. The van der Waals surface area contributed by atoms with E-state index in [1.807, 2.05) is 18.2 Å². The highest BCUT2D eigenvalue weighted by Crippen LogP contribution is 2.28. The standard InChI is InChI=1S/C18H22INO/c1-13(2)12-21-18-7-5-4-6-17(18)20-14(3)15-8-10-16(19)11-9-15/h4-11,13-14,20H,12H2,1-3H3. The maximum absolute atomic E-state index is 5.89. The predicted molar refractivity (Wildman–Crippen MR) is 98.0 cm³/mol. The highest BCUT2D eigenvalue weighted by atomic mass is 127. The molecule has 0 heterocycles. The molecule has 0 aliphatic carbocycles. The summed E-state index contributed by atoms with van der Waals surface area (Å²) in [5, 5.41) is 3.54. The van der Waals surface area contributed by atoms with Gasteiger partial charge in [-0.15, -0.1) is 0 Å². The van der Waals surface area contributed by atoms with Crippen molar-refractivity contribution >= 4 is 28.3 Å². The number of para-hydroxylation sites is 2. The summed E-state index contributed by atoms with van der Waals surface area (Å²) in [5.74, 6) is 1.44. The van der Waals surface area contributed by atoms with Gasteiger partial charge >= 0.3 is 0 Å². The Kier molecular flexibility index (Phi) is 5.91. The van der Waals surface area contributed by atoms with Crippen LogP contribution in [0, 0.1) is 9.49 Å². The van der Waals surface area contributed by atoms with Gasteiger partial charge in [-0.3, -0.25) is 0 Å². The molecule has 0 aliphatic rings. The third-order valence-corrected chi connectivity index (χ3v) is 3.92. The van der Waals surface area contributed by atoms with Crippen LogP contribution in [0.2, 0.25) is 0 Å². The topological polar surface area (TPSA) is 21.3 Å². The summed E-state index contributed by atoms with van der Waals surface area (Å²) < 4.78 is 7.14. The minimum Gasteiger partial charge on any atom is -0.491 e. The first kappa shape index (κ1) is 16.1. The second-order valence-corrected chi connectivity index (χ2v) is 6.86. The molecule has 0 spiro atoms. The molecule has 0 radical (unpaired) electrons. The predicted octanol–water partition coefficient (Wildman–Crippen LogP) is 5.50. The fraction of sp³-hybridized carbons (Fsp3) is 0.333. The van der Waals surface area contributed by atoms with E-state index in [4.69, 9.17) is 4.74 Å². The van der Waals surface area contributed by atoms with Crippen LogP contribution in [0.5, 0.6) is 5.75 Å². The van der Waals surface area contributed by atoms with Crippen LogP contribution in [-0.4, -0.2) is 6.61 Å². The van der Waals surface area contributed by atoms with Gasteiger partial charge in [-0.05, 0) is 65.3 Å². The second kappa shape index (κ2) is 7.69. The van der Waals surface area contributed by atoms with Crippen LogP contribution in [0.3, 0.4) is 0 Å². The summed E-state index contributed by atoms with van der Waals surface area (Å²) in [7, 11) is 0. The lowest BCUT2D eigenvalue weighted by atomic mass is 10.1. The van der Waals surface area contributed by atoms with Gasteiger partial charge in [-0.2, -0.15) is 0 Å². The van der Waals surface area contributed by atoms with Crippen LogP contribution < -0.4 is 10.1 Å². The largest absolute Gasteiger partial charge is 0.491 e. The number of rotatable bonds is 6. The van der Waals surface area contributed by atoms with Gasteiger partial charge in [0, 0.05) is 9.61 Å². The molecule has 21 heavy (non-hydrogen) atoms. The Bertz CT molecular complexity index is 566. The van der Waals surface area contributed by atoms with Crippen molar-refractivity contribution < 1.29 is 4.74 Å². The van der Waals surface area contributed by atoms with E-state index < -0.39 is 0 Å². The molecule has 2 aromatic rings. The van der Waals surface area contributed by atoms with Crippen molar-refractivity contribution in [2.24, 2.45) is 5.92 Å². The van der Waals surface area contributed by atoms with Gasteiger partial charge < -0.3 is 10.1 Å². The molecule has 0 saturated carbocycles. The average Bonchev–Trinajstić information content (AvgIpc) is 2.47. The fourth-order valence-electron chi connectivity index (χ4n) is 2.04. The van der Waals surface area contributed by atoms with Gasteiger partial charge in [0.25, 0.3) is 0 Å². The van der Waals surface area contributed by atoms with E-state index in [9.17, 15) is 0 Å². The van der Waals surface area contributed by atoms with Gasteiger partial charge in [0.05, 0.1) is 12.3 Å². The van der Waals surface area contributed by atoms with Crippen molar-refractivity contribution in [1.82, 2.24) is 0 Å². The molecule has 1 unspecified atom stereocenters. The van der Waals surface area contributed by atoms with Crippen molar-refractivity contribution in [3.8, 4) is 5.75 Å². The molecule has 0 bridgehead atoms. The number of ether oxygens (including phenoxy) is 1. The smallest absolute Gasteiger partial charge is 0.142 e. The van der Waals surface area contributed by atoms with Crippen molar-refractivity contribution in [2.45, 2.75) is 26.8 Å². The number of hydrogen-bond donors (Lipinski definition) is 1. The molecule has 2 rings (SSSR count). The first-order valence-electron chi connectivity index (χ1n) is 7.30. The van der Waals surface area contributed by atoms with Crippen LogP contribution in [0.4, 0.5) is 5.69 Å². The molecule has 1 N–H and O–H groups in total. The van der Waals surface area contributed by atoms with E-state index in [1.165, 1.54) is 9.13 Å². The normalized spacial score (nSPS) is 12.2. The van der Waals surface area contributed by atoms with E-state index >= 15 is 0 Å². The Morgan fingerprint density at radius 3 is 2.33 bits per heavy atom. The zero-order valence-electron chi connectivity index (χ0n) is 12.8. The van der Waals surface area contributed by atoms with Crippen LogP contribution in [-0.2, 0) is 0 Å². The lowest BCUT2D eigenvalue weighted by Gasteiger charge is -2.19. The Morgan fingerprint density at radius 2 is 1.67 bits per heavy atom. The van der Waals surface area contributed by atoms with Crippen molar-refractivity contribution in [2.75, 3.05) is 11.9 Å². The minimum absolute atomic E-state index is 0.241. The molecule has 112 valence electrons. The summed E-state index contributed by atoms with van der Waals surface area (Å²) in [4.78, 5) is 0. The molecule has 3 heteroatoms. The maximum Gasteiger partial charge on any atom is 0.142 e. The molecular formula is C18H22INO. The highest BCUT2D eigenvalue weighted by molar-refractivity contribution is 14.1. The Balaban J connectivity index is 2.09. The lowest BCUT2D eigenvalue weighted by Crippen LogP contribution is -2.10. The number of benzene rings is 2. The van der Waals surface area contributed by atoms with Gasteiger partial charge in [-0.25, -0.2) is 0 Å². The summed E-state index contributed by atoms with van der Waals surface area (Å²) in [5.41, 5.74) is 2.32. The summed E-state index contributed by atoms with van der Waals surface area (Å²) in [6.45, 7) is 7.21. The maximum atomic E-state index is 5.89. The molecule has 2 aromatic carbocycles. The zero-order chi connectivity index (χ0) is 15.2. The number of nitrogens with one attached hydrogen (secondary N) is 1. The second-order valence-electron chi connectivity index (χ2n) is 5.62. The molecule has 0 saturated heterocycles. The Labute approximate surface area is 141 Å². The van der Waals surface area contributed by atoms with Gasteiger partial charge in [0.1, 0.15) is 5.75 Å². The molecule has 0 aliphatic heterocycles. The van der Waals surface area contributed by atoms with Crippen molar-refractivity contribution in [1.29, 1.82) is 0 Å². The molecule has 0 aromatic heterocycles. The fourth-order valence-corrected chi connectivity index (χ4v) is 2.40. The van der Waals surface area contributed by atoms with E-state index in [1.54, 1.807) is 0 Å². The van der Waals surface area contributed by atoms with Gasteiger partial charge in [-0.1, -0.05) is 38.1 Å². The van der Waals surface area contributed by atoms with E-state index in [2.05, 4.69) is 79.0 Å². The minimum atomic E-state index is 0.241. The zero-order valence-corrected chi connectivity index (χ0v) is 14.9. The lowest BCUT2D eigenvalue weighted by molar-refractivity contribution is 0.272. The van der Waals surface area contributed by atoms with Gasteiger partial charge in [0.15, 0.2) is 0 Å². The van der Waals surface area contributed by atoms with Crippen LogP contribution >= 0.6 is 22.6 Å². The van der Waals surface area contributed by atoms with Crippen molar-refractivity contribution in [3.63, 3.8) is 0 Å². The third kappa shape index (κ3) is 4.92. The summed E-state index contributed by atoms with van der Waals surface area (Å²) in [6, 6.07) is 17.0. The Morgan fingerprint density at radius 1 is 1.00 bits per heavy atom. The van der Waals surface area contributed by atoms with E-state index in [-0.39, 0.29) is 6.04 Å². The van der Waals surface area contributed by atoms with Crippen LogP contribution in [0.15, 0.2) is 48.5 Å². The molecule has 0 amide bonds. The average molecular weight is 395 g/mol. The SMILES string of the molecule is CC(C)COc1ccccc1NC(C)c1ccc(I)cc1. The van der Waals surface area contributed by atoms with E-state index in [0.717, 1.165) is 18.0 Å². The monoisotopic (exact) mass is 395 g/mol. The summed E-state index contributed by atoms with van der Waals surface area (Å²) in [6.07, 6.45) is 0. The van der Waals surface area contributed by atoms with E-state index in [0.29, 0.717) is 5.92 Å². The Hall–Kier alpha value is -1.23. The first-order chi connectivity index (χ1) is 10.1. The third-order valence-electron chi connectivity index (χ3n) is 3.20. The highest BCUT2D eigenvalue weighted by Gasteiger charge is 2.09. The number of halogens is 1. The molecule has 2 nitrogen and oxygen atoms in total. The van der Waals surface area contributed by atoms with Crippen LogP contribution in [0.25, 0.3) is 0 Å².